The molecule has 140 valence electrons. The number of thioether (sulfide) groups is 1. The van der Waals surface area contributed by atoms with Gasteiger partial charge in [-0.1, -0.05) is 43.0 Å². The molecule has 8 heteroatoms. The van der Waals surface area contributed by atoms with E-state index in [0.717, 1.165) is 6.42 Å². The summed E-state index contributed by atoms with van der Waals surface area (Å²) in [7, 11) is 0. The van der Waals surface area contributed by atoms with Gasteiger partial charge in [0.05, 0.1) is 10.5 Å². The Morgan fingerprint density at radius 1 is 1.41 bits per heavy atom. The van der Waals surface area contributed by atoms with Gasteiger partial charge < -0.3 is 5.32 Å². The Balaban J connectivity index is 2.13. The molecule has 0 saturated carbocycles. The Bertz CT molecular complexity index is 1010. The van der Waals surface area contributed by atoms with Gasteiger partial charge in [-0.2, -0.15) is 0 Å². The van der Waals surface area contributed by atoms with Crippen molar-refractivity contribution < 1.29 is 4.79 Å². The fourth-order valence-corrected chi connectivity index (χ4v) is 4.15. The van der Waals surface area contributed by atoms with Crippen molar-refractivity contribution in [1.29, 1.82) is 0 Å². The van der Waals surface area contributed by atoms with E-state index in [1.54, 1.807) is 35.4 Å². The molecule has 1 N–H and O–H groups in total. The summed E-state index contributed by atoms with van der Waals surface area (Å²) in [6, 6.07) is 5.35. The topological polar surface area (TPSA) is 66.7 Å². The molecule has 3 heterocycles. The maximum Gasteiger partial charge on any atom is 0.267 e. The number of fused-ring (bicyclic) bond motifs is 1. The van der Waals surface area contributed by atoms with Crippen LogP contribution >= 0.6 is 24.0 Å². The van der Waals surface area contributed by atoms with Gasteiger partial charge in [0.15, 0.2) is 0 Å². The van der Waals surface area contributed by atoms with Crippen LogP contribution in [-0.4, -0.2) is 37.1 Å². The molecule has 3 rings (SSSR count). The van der Waals surface area contributed by atoms with E-state index in [0.29, 0.717) is 32.8 Å². The lowest BCUT2D eigenvalue weighted by molar-refractivity contribution is -0.123. The second-order valence-electron chi connectivity index (χ2n) is 6.09. The SMILES string of the molecule is C=CCNc1nc2ccccn2c(=O)c1/C=C1\SC(=S)N([C@H](C)CC)C1=O. The summed E-state index contributed by atoms with van der Waals surface area (Å²) in [5.41, 5.74) is 0.601. The lowest BCUT2D eigenvalue weighted by Crippen LogP contribution is -2.36. The Labute approximate surface area is 167 Å². The van der Waals surface area contributed by atoms with E-state index in [-0.39, 0.29) is 17.5 Å². The van der Waals surface area contributed by atoms with Crippen molar-refractivity contribution in [3.05, 3.63) is 57.9 Å². The highest BCUT2D eigenvalue weighted by Crippen LogP contribution is 2.34. The van der Waals surface area contributed by atoms with Crippen molar-refractivity contribution in [3.63, 3.8) is 0 Å². The molecule has 0 unspecified atom stereocenters. The van der Waals surface area contributed by atoms with Crippen LogP contribution in [0.5, 0.6) is 0 Å². The number of hydrogen-bond donors (Lipinski definition) is 1. The highest BCUT2D eigenvalue weighted by Gasteiger charge is 2.35. The largest absolute Gasteiger partial charge is 0.366 e. The van der Waals surface area contributed by atoms with Crippen LogP contribution in [0.15, 0.2) is 46.8 Å². The van der Waals surface area contributed by atoms with Gasteiger partial charge in [-0.3, -0.25) is 18.9 Å². The van der Waals surface area contributed by atoms with Gasteiger partial charge in [0, 0.05) is 18.8 Å². The third-order valence-corrected chi connectivity index (χ3v) is 5.64. The number of nitrogens with zero attached hydrogens (tertiary/aromatic N) is 3. The number of anilines is 1. The molecule has 1 atom stereocenters. The summed E-state index contributed by atoms with van der Waals surface area (Å²) in [6.45, 7) is 8.09. The first-order chi connectivity index (χ1) is 13.0. The van der Waals surface area contributed by atoms with Crippen molar-refractivity contribution in [2.24, 2.45) is 0 Å². The Kier molecular flexibility index (Phi) is 5.76. The Hall–Kier alpha value is -2.45. The average Bonchev–Trinajstić information content (AvgIpc) is 2.95. The molecule has 2 aromatic heterocycles. The zero-order valence-electron chi connectivity index (χ0n) is 15.1. The lowest BCUT2D eigenvalue weighted by Gasteiger charge is -2.21. The van der Waals surface area contributed by atoms with Gasteiger partial charge in [-0.15, -0.1) is 6.58 Å². The van der Waals surface area contributed by atoms with E-state index in [1.165, 1.54) is 16.2 Å². The van der Waals surface area contributed by atoms with Gasteiger partial charge in [0.1, 0.15) is 15.8 Å². The minimum Gasteiger partial charge on any atom is -0.366 e. The van der Waals surface area contributed by atoms with Crippen molar-refractivity contribution in [2.75, 3.05) is 11.9 Å². The van der Waals surface area contributed by atoms with Crippen LogP contribution in [0.1, 0.15) is 25.8 Å². The highest BCUT2D eigenvalue weighted by atomic mass is 32.2. The molecule has 1 aliphatic rings. The van der Waals surface area contributed by atoms with Gasteiger partial charge in [0.25, 0.3) is 11.5 Å². The second kappa shape index (κ2) is 8.06. The zero-order chi connectivity index (χ0) is 19.6. The zero-order valence-corrected chi connectivity index (χ0v) is 16.8. The fourth-order valence-electron chi connectivity index (χ4n) is 2.71. The molecule has 1 aliphatic heterocycles. The average molecular weight is 401 g/mol. The highest BCUT2D eigenvalue weighted by molar-refractivity contribution is 8.26. The van der Waals surface area contributed by atoms with Crippen LogP contribution in [0.3, 0.4) is 0 Å². The van der Waals surface area contributed by atoms with Gasteiger partial charge in [-0.05, 0) is 31.6 Å². The van der Waals surface area contributed by atoms with E-state index < -0.39 is 0 Å². The van der Waals surface area contributed by atoms with Crippen LogP contribution in [-0.2, 0) is 4.79 Å². The van der Waals surface area contributed by atoms with Crippen molar-refractivity contribution in [3.8, 4) is 0 Å². The van der Waals surface area contributed by atoms with Gasteiger partial charge in [-0.25, -0.2) is 4.98 Å². The van der Waals surface area contributed by atoms with Crippen LogP contribution in [0.2, 0.25) is 0 Å². The number of thiocarbonyl (C=S) groups is 1. The molecule has 0 aliphatic carbocycles. The smallest absolute Gasteiger partial charge is 0.267 e. The number of aromatic nitrogens is 2. The van der Waals surface area contributed by atoms with Gasteiger partial charge in [0.2, 0.25) is 0 Å². The number of carbonyl (C=O) groups excluding carboxylic acids is 1. The third-order valence-electron chi connectivity index (χ3n) is 4.31. The molecule has 0 aromatic carbocycles. The Morgan fingerprint density at radius 3 is 2.89 bits per heavy atom. The van der Waals surface area contributed by atoms with Crippen molar-refractivity contribution in [1.82, 2.24) is 14.3 Å². The maximum atomic E-state index is 13.0. The number of hydrogen-bond acceptors (Lipinski definition) is 6. The standard InChI is InChI=1S/C19H20N4O2S2/c1-4-9-20-16-13(17(24)22-10-7-6-8-15(22)21-16)11-14-18(25)23(12(3)5-2)19(26)27-14/h4,6-8,10-12,20H,1,5,9H2,2-3H3/b14-11-/t12-/m1/s1. The molecule has 0 radical (unpaired) electrons. The predicted octanol–water partition coefficient (Wildman–Crippen LogP) is 3.29. The fraction of sp³-hybridized carbons (Fsp3) is 0.263. The summed E-state index contributed by atoms with van der Waals surface area (Å²) < 4.78 is 1.97. The number of carbonyl (C=O) groups is 1. The van der Waals surface area contributed by atoms with E-state index in [1.807, 2.05) is 19.9 Å². The number of amides is 1. The molecule has 0 bridgehead atoms. The van der Waals surface area contributed by atoms with E-state index in [9.17, 15) is 9.59 Å². The van der Waals surface area contributed by atoms with E-state index in [4.69, 9.17) is 12.2 Å². The summed E-state index contributed by atoms with van der Waals surface area (Å²) in [5, 5.41) is 3.09. The predicted molar refractivity (Wildman–Crippen MR) is 115 cm³/mol. The first-order valence-corrected chi connectivity index (χ1v) is 9.83. The minimum atomic E-state index is -0.249. The van der Waals surface area contributed by atoms with Crippen molar-refractivity contribution in [2.45, 2.75) is 26.3 Å². The van der Waals surface area contributed by atoms with Crippen molar-refractivity contribution >= 4 is 51.7 Å². The number of rotatable bonds is 6. The molecule has 27 heavy (non-hydrogen) atoms. The molecule has 1 fully saturated rings. The summed E-state index contributed by atoms with van der Waals surface area (Å²) in [6.07, 6.45) is 5.72. The summed E-state index contributed by atoms with van der Waals surface area (Å²) in [5.74, 6) is 0.242. The second-order valence-corrected chi connectivity index (χ2v) is 7.76. The van der Waals surface area contributed by atoms with E-state index in [2.05, 4.69) is 16.9 Å². The maximum absolute atomic E-state index is 13.0. The summed E-state index contributed by atoms with van der Waals surface area (Å²) in [4.78, 5) is 32.4. The van der Waals surface area contributed by atoms with Crippen LogP contribution in [0.25, 0.3) is 11.7 Å². The lowest BCUT2D eigenvalue weighted by atomic mass is 10.2. The molecule has 1 saturated heterocycles. The molecular formula is C19H20N4O2S2. The van der Waals surface area contributed by atoms with Crippen LogP contribution in [0.4, 0.5) is 5.82 Å². The minimum absolute atomic E-state index is 0.0117. The molecule has 6 nitrogen and oxygen atoms in total. The van der Waals surface area contributed by atoms with Crippen LogP contribution in [0, 0.1) is 0 Å². The van der Waals surface area contributed by atoms with E-state index >= 15 is 0 Å². The molecule has 2 aromatic rings. The van der Waals surface area contributed by atoms with Crippen LogP contribution < -0.4 is 10.9 Å². The monoisotopic (exact) mass is 400 g/mol. The quantitative estimate of drug-likeness (QED) is 0.456. The third kappa shape index (κ3) is 3.68. The number of nitrogens with one attached hydrogen (secondary N) is 1. The number of pyridine rings is 1. The molecule has 0 spiro atoms. The summed E-state index contributed by atoms with van der Waals surface area (Å²) >= 11 is 6.58. The molecular weight excluding hydrogens is 380 g/mol. The first-order valence-electron chi connectivity index (χ1n) is 8.61. The Morgan fingerprint density at radius 2 is 2.19 bits per heavy atom. The normalized spacial score (nSPS) is 17.0. The van der Waals surface area contributed by atoms with Gasteiger partial charge >= 0.3 is 0 Å². The molecule has 1 amide bonds. The first kappa shape index (κ1) is 19.3.